The molecule has 3 aliphatic rings. The third kappa shape index (κ3) is 3.80. The van der Waals surface area contributed by atoms with Crippen molar-refractivity contribution >= 4 is 23.3 Å². The summed E-state index contributed by atoms with van der Waals surface area (Å²) in [6, 6.07) is 7.63. The van der Waals surface area contributed by atoms with E-state index in [1.165, 1.54) is 17.6 Å². The van der Waals surface area contributed by atoms with Crippen molar-refractivity contribution < 1.29 is 18.7 Å². The van der Waals surface area contributed by atoms with E-state index in [2.05, 4.69) is 27.9 Å². The number of nitrogens with two attached hydrogens (primary N) is 1. The number of halogens is 1. The summed E-state index contributed by atoms with van der Waals surface area (Å²) in [5.41, 5.74) is 8.77. The number of hydrogen-bond acceptors (Lipinski definition) is 7. The maximum atomic E-state index is 13.8. The molecule has 3 N–H and O–H groups in total. The molecule has 0 radical (unpaired) electrons. The number of nitrogens with one attached hydrogen (secondary N) is 1. The molecule has 10 heteroatoms. The Labute approximate surface area is 209 Å². The number of aromatic nitrogens is 2. The molecule has 3 heterocycles. The van der Waals surface area contributed by atoms with Crippen LogP contribution in [-0.2, 0) is 27.8 Å². The van der Waals surface area contributed by atoms with E-state index in [4.69, 9.17) is 10.5 Å². The minimum absolute atomic E-state index is 0.0669. The summed E-state index contributed by atoms with van der Waals surface area (Å²) in [4.78, 5) is 38.8. The Hall–Kier alpha value is -3.53. The number of carbonyl (C=O) groups is 2. The minimum atomic E-state index is -1.01. The van der Waals surface area contributed by atoms with Crippen molar-refractivity contribution in [1.29, 1.82) is 0 Å². The molecule has 1 aromatic carbocycles. The van der Waals surface area contributed by atoms with Crippen LogP contribution in [0.4, 0.5) is 15.9 Å². The van der Waals surface area contributed by atoms with Gasteiger partial charge >= 0.3 is 6.01 Å². The number of carbonyl (C=O) groups excluding carboxylic acids is 2. The second-order valence-electron chi connectivity index (χ2n) is 9.83. The molecule has 1 aliphatic carbocycles. The molecule has 1 saturated heterocycles. The standard InChI is InChI=1S/C26H31FN6O3/c1-15-13-33(23(34)16(2)27)18(12-28)14-32(15)22-21-20(29-25(31-22)36-3)11-26(24(35)30-21)10-6-8-17-7-4-5-9-19(17)26/h4-5,7,9,15,18H,2,6,8,10-14,28H2,1,3H3,(H,30,35)/t15-,18?,26?/m1/s1. The van der Waals surface area contributed by atoms with Crippen LogP contribution in [0.1, 0.15) is 36.6 Å². The molecular weight excluding hydrogens is 463 g/mol. The van der Waals surface area contributed by atoms with Gasteiger partial charge in [-0.25, -0.2) is 4.39 Å². The molecule has 0 bridgehead atoms. The summed E-state index contributed by atoms with van der Waals surface area (Å²) >= 11 is 0. The second-order valence-corrected chi connectivity index (χ2v) is 9.83. The van der Waals surface area contributed by atoms with Gasteiger partial charge in [-0.2, -0.15) is 9.97 Å². The van der Waals surface area contributed by atoms with E-state index in [9.17, 15) is 14.0 Å². The highest BCUT2D eigenvalue weighted by atomic mass is 19.1. The van der Waals surface area contributed by atoms with Gasteiger partial charge in [-0.1, -0.05) is 30.8 Å². The molecule has 36 heavy (non-hydrogen) atoms. The van der Waals surface area contributed by atoms with Gasteiger partial charge in [-0.05, 0) is 37.3 Å². The Balaban J connectivity index is 1.55. The van der Waals surface area contributed by atoms with Crippen LogP contribution in [0.15, 0.2) is 36.7 Å². The monoisotopic (exact) mass is 494 g/mol. The van der Waals surface area contributed by atoms with E-state index in [0.717, 1.165) is 24.8 Å². The van der Waals surface area contributed by atoms with Crippen LogP contribution in [0, 0.1) is 0 Å². The largest absolute Gasteiger partial charge is 0.467 e. The first-order chi connectivity index (χ1) is 17.3. The van der Waals surface area contributed by atoms with Gasteiger partial charge in [0.2, 0.25) is 5.91 Å². The van der Waals surface area contributed by atoms with Crippen molar-refractivity contribution in [3.05, 3.63) is 53.5 Å². The van der Waals surface area contributed by atoms with E-state index in [-0.39, 0.29) is 31.0 Å². The van der Waals surface area contributed by atoms with Crippen LogP contribution in [0.2, 0.25) is 0 Å². The van der Waals surface area contributed by atoms with E-state index >= 15 is 0 Å². The predicted molar refractivity (Wildman–Crippen MR) is 134 cm³/mol. The summed E-state index contributed by atoms with van der Waals surface area (Å²) in [6.45, 7) is 5.75. The summed E-state index contributed by atoms with van der Waals surface area (Å²) < 4.78 is 19.1. The average molecular weight is 495 g/mol. The van der Waals surface area contributed by atoms with Gasteiger partial charge in [-0.3, -0.25) is 9.59 Å². The van der Waals surface area contributed by atoms with Crippen molar-refractivity contribution in [3.8, 4) is 6.01 Å². The molecule has 3 atom stereocenters. The molecule has 2 aromatic rings. The zero-order chi connectivity index (χ0) is 25.6. The average Bonchev–Trinajstić information content (AvgIpc) is 2.88. The van der Waals surface area contributed by atoms with Gasteiger partial charge in [0.1, 0.15) is 5.69 Å². The van der Waals surface area contributed by atoms with Gasteiger partial charge in [0.05, 0.1) is 24.3 Å². The van der Waals surface area contributed by atoms with Crippen LogP contribution in [-0.4, -0.2) is 65.5 Å². The molecule has 2 aliphatic heterocycles. The Bertz CT molecular complexity index is 1240. The number of methoxy groups -OCH3 is 1. The lowest BCUT2D eigenvalue weighted by Crippen LogP contribution is -2.61. The second kappa shape index (κ2) is 9.16. The molecule has 2 unspecified atom stereocenters. The fourth-order valence-electron chi connectivity index (χ4n) is 5.91. The first kappa shape index (κ1) is 24.2. The quantitative estimate of drug-likeness (QED) is 0.626. The van der Waals surface area contributed by atoms with E-state index < -0.39 is 23.2 Å². The first-order valence-corrected chi connectivity index (χ1v) is 12.3. The third-order valence-electron chi connectivity index (χ3n) is 7.73. The number of benzene rings is 1. The molecular formula is C26H31FN6O3. The maximum Gasteiger partial charge on any atom is 0.318 e. The predicted octanol–water partition coefficient (Wildman–Crippen LogP) is 2.10. The molecule has 0 saturated carbocycles. The van der Waals surface area contributed by atoms with Crippen molar-refractivity contribution in [2.24, 2.45) is 5.73 Å². The van der Waals surface area contributed by atoms with Crippen LogP contribution in [0.25, 0.3) is 0 Å². The minimum Gasteiger partial charge on any atom is -0.467 e. The molecule has 2 amide bonds. The number of nitrogens with zero attached hydrogens (tertiary/aromatic N) is 4. The maximum absolute atomic E-state index is 13.8. The van der Waals surface area contributed by atoms with Crippen LogP contribution in [0.5, 0.6) is 6.01 Å². The number of anilines is 2. The highest BCUT2D eigenvalue weighted by molar-refractivity contribution is 6.04. The van der Waals surface area contributed by atoms with Gasteiger partial charge < -0.3 is 25.6 Å². The van der Waals surface area contributed by atoms with Gasteiger partial charge in [0.25, 0.3) is 5.91 Å². The summed E-state index contributed by atoms with van der Waals surface area (Å²) in [7, 11) is 1.51. The Morgan fingerprint density at radius 3 is 2.83 bits per heavy atom. The lowest BCUT2D eigenvalue weighted by Gasteiger charge is -2.46. The fourth-order valence-corrected chi connectivity index (χ4v) is 5.91. The summed E-state index contributed by atoms with van der Waals surface area (Å²) in [5, 5.41) is 3.14. The lowest BCUT2D eigenvalue weighted by atomic mass is 9.65. The number of fused-ring (bicyclic) bond motifs is 3. The first-order valence-electron chi connectivity index (χ1n) is 12.3. The van der Waals surface area contributed by atoms with Crippen molar-refractivity contribution in [3.63, 3.8) is 0 Å². The molecule has 5 rings (SSSR count). The van der Waals surface area contributed by atoms with Gasteiger partial charge in [0.15, 0.2) is 11.6 Å². The Morgan fingerprint density at radius 2 is 2.11 bits per heavy atom. The molecule has 1 fully saturated rings. The van der Waals surface area contributed by atoms with E-state index in [0.29, 0.717) is 30.2 Å². The molecule has 1 spiro atoms. The van der Waals surface area contributed by atoms with Crippen molar-refractivity contribution in [1.82, 2.24) is 14.9 Å². The summed E-state index contributed by atoms with van der Waals surface area (Å²) in [5.74, 6) is -1.32. The number of ether oxygens (including phenoxy) is 1. The smallest absolute Gasteiger partial charge is 0.318 e. The number of piperazine rings is 1. The highest BCUT2D eigenvalue weighted by Crippen LogP contribution is 2.46. The highest BCUT2D eigenvalue weighted by Gasteiger charge is 2.48. The lowest BCUT2D eigenvalue weighted by molar-refractivity contribution is -0.131. The van der Waals surface area contributed by atoms with Gasteiger partial charge in [0, 0.05) is 32.1 Å². The van der Waals surface area contributed by atoms with Gasteiger partial charge in [-0.15, -0.1) is 0 Å². The SMILES string of the molecule is C=C(F)C(=O)N1C[C@@H](C)N(c2nc(OC)nc3c2NC(=O)C2(CCCc4ccccc42)C3)CC1CN. The molecule has 1 aromatic heterocycles. The topological polar surface area (TPSA) is 114 Å². The Morgan fingerprint density at radius 1 is 1.33 bits per heavy atom. The third-order valence-corrected chi connectivity index (χ3v) is 7.73. The van der Waals surface area contributed by atoms with Crippen LogP contribution < -0.4 is 20.7 Å². The van der Waals surface area contributed by atoms with E-state index in [1.54, 1.807) is 0 Å². The van der Waals surface area contributed by atoms with E-state index in [1.807, 2.05) is 30.0 Å². The number of amides is 2. The normalized spacial score (nSPS) is 25.2. The zero-order valence-corrected chi connectivity index (χ0v) is 20.6. The number of aryl methyl sites for hydroxylation is 1. The zero-order valence-electron chi connectivity index (χ0n) is 20.6. The molecule has 190 valence electrons. The summed E-state index contributed by atoms with van der Waals surface area (Å²) in [6.07, 6.45) is 3.03. The number of hydrogen-bond donors (Lipinski definition) is 2. The van der Waals surface area contributed by atoms with Crippen molar-refractivity contribution in [2.75, 3.05) is 37.0 Å². The van der Waals surface area contributed by atoms with Crippen LogP contribution in [0.3, 0.4) is 0 Å². The van der Waals surface area contributed by atoms with Crippen molar-refractivity contribution in [2.45, 2.75) is 50.1 Å². The molecule has 9 nitrogen and oxygen atoms in total. The Kier molecular flexibility index (Phi) is 6.15. The number of rotatable bonds is 4. The van der Waals surface area contributed by atoms with Crippen LogP contribution >= 0.6 is 0 Å². The fraction of sp³-hybridized carbons (Fsp3) is 0.462.